The highest BCUT2D eigenvalue weighted by Crippen LogP contribution is 1.98. The fourth-order valence-electron chi connectivity index (χ4n) is 1.09. The van der Waals surface area contributed by atoms with Crippen molar-refractivity contribution in [1.82, 2.24) is 4.90 Å². The number of ether oxygens (including phenoxy) is 1. The maximum absolute atomic E-state index is 11.1. The molecule has 0 saturated carbocycles. The van der Waals surface area contributed by atoms with E-state index in [1.807, 2.05) is 6.92 Å². The van der Waals surface area contributed by atoms with Crippen molar-refractivity contribution in [3.8, 4) is 0 Å². The van der Waals surface area contributed by atoms with E-state index in [0.29, 0.717) is 19.7 Å². The second kappa shape index (κ2) is 3.69. The van der Waals surface area contributed by atoms with Crippen LogP contribution in [0.3, 0.4) is 0 Å². The van der Waals surface area contributed by atoms with Gasteiger partial charge >= 0.3 is 0 Å². The van der Waals surface area contributed by atoms with Crippen molar-refractivity contribution in [3.63, 3.8) is 0 Å². The summed E-state index contributed by atoms with van der Waals surface area (Å²) in [6.45, 7) is 4.07. The predicted octanol–water partition coefficient (Wildman–Crippen LogP) is -0.808. The van der Waals surface area contributed by atoms with Gasteiger partial charge in [0.1, 0.15) is 6.61 Å². The van der Waals surface area contributed by atoms with E-state index in [9.17, 15) is 4.79 Å². The topological polar surface area (TPSA) is 55.6 Å². The fraction of sp³-hybridized carbons (Fsp3) is 0.857. The van der Waals surface area contributed by atoms with Crippen molar-refractivity contribution in [2.75, 3.05) is 26.3 Å². The van der Waals surface area contributed by atoms with Crippen LogP contribution in [-0.2, 0) is 9.53 Å². The van der Waals surface area contributed by atoms with Crippen LogP contribution in [0.1, 0.15) is 6.92 Å². The van der Waals surface area contributed by atoms with Crippen LogP contribution in [0.5, 0.6) is 0 Å². The molecule has 0 radical (unpaired) electrons. The summed E-state index contributed by atoms with van der Waals surface area (Å²) in [5.41, 5.74) is 5.55. The highest BCUT2D eigenvalue weighted by Gasteiger charge is 2.18. The summed E-state index contributed by atoms with van der Waals surface area (Å²) >= 11 is 0. The Morgan fingerprint density at radius 3 is 3.09 bits per heavy atom. The third kappa shape index (κ3) is 2.48. The molecule has 11 heavy (non-hydrogen) atoms. The van der Waals surface area contributed by atoms with Gasteiger partial charge in [-0.25, -0.2) is 0 Å². The molecular weight excluding hydrogens is 144 g/mol. The molecule has 2 N–H and O–H groups in total. The number of morpholine rings is 1. The molecule has 0 bridgehead atoms. The lowest BCUT2D eigenvalue weighted by atomic mass is 10.3. The molecule has 64 valence electrons. The first kappa shape index (κ1) is 8.49. The Kier molecular flexibility index (Phi) is 2.84. The number of carbonyl (C=O) groups is 1. The molecule has 0 aromatic heterocycles. The quantitative estimate of drug-likeness (QED) is 0.572. The smallest absolute Gasteiger partial charge is 0.248 e. The largest absolute Gasteiger partial charge is 0.370 e. The van der Waals surface area contributed by atoms with Gasteiger partial charge in [0.15, 0.2) is 0 Å². The predicted molar refractivity (Wildman–Crippen MR) is 41.0 cm³/mol. The Morgan fingerprint density at radius 1 is 1.82 bits per heavy atom. The summed E-state index contributed by atoms with van der Waals surface area (Å²) in [6, 6.07) is 0.0528. The summed E-state index contributed by atoms with van der Waals surface area (Å²) < 4.78 is 4.96. The van der Waals surface area contributed by atoms with Crippen molar-refractivity contribution < 1.29 is 9.53 Å². The molecule has 4 nitrogen and oxygen atoms in total. The van der Waals surface area contributed by atoms with Crippen molar-refractivity contribution >= 4 is 5.91 Å². The van der Waals surface area contributed by atoms with Crippen molar-refractivity contribution in [3.05, 3.63) is 0 Å². The minimum absolute atomic E-state index is 0.0496. The lowest BCUT2D eigenvalue weighted by molar-refractivity contribution is -0.142. The molecule has 1 aliphatic heterocycles. The van der Waals surface area contributed by atoms with Gasteiger partial charge in [-0.1, -0.05) is 0 Å². The molecule has 1 fully saturated rings. The van der Waals surface area contributed by atoms with Gasteiger partial charge in [-0.05, 0) is 6.92 Å². The number of rotatable bonds is 2. The zero-order valence-corrected chi connectivity index (χ0v) is 6.75. The van der Waals surface area contributed by atoms with Gasteiger partial charge in [-0.3, -0.25) is 4.79 Å². The van der Waals surface area contributed by atoms with Crippen LogP contribution in [-0.4, -0.2) is 43.2 Å². The van der Waals surface area contributed by atoms with Crippen LogP contribution in [0, 0.1) is 0 Å². The molecule has 0 aromatic carbocycles. The Bertz CT molecular complexity index is 147. The normalized spacial score (nSPS) is 22.0. The molecule has 1 amide bonds. The third-order valence-electron chi connectivity index (χ3n) is 1.59. The summed E-state index contributed by atoms with van der Waals surface area (Å²) in [5, 5.41) is 0. The van der Waals surface area contributed by atoms with Gasteiger partial charge in [0, 0.05) is 19.1 Å². The highest BCUT2D eigenvalue weighted by atomic mass is 16.5. The molecule has 1 atom stereocenters. The van der Waals surface area contributed by atoms with E-state index >= 15 is 0 Å². The molecular formula is C7H14N2O2. The molecule has 1 aliphatic rings. The Hall–Kier alpha value is -0.610. The fourth-order valence-corrected chi connectivity index (χ4v) is 1.09. The lowest BCUT2D eigenvalue weighted by Crippen LogP contribution is -2.46. The first-order valence-corrected chi connectivity index (χ1v) is 3.81. The number of hydrogen-bond acceptors (Lipinski definition) is 3. The average Bonchev–Trinajstić information content (AvgIpc) is 1.93. The van der Waals surface area contributed by atoms with Crippen molar-refractivity contribution in [2.45, 2.75) is 13.0 Å². The molecule has 1 rings (SSSR count). The van der Waals surface area contributed by atoms with Gasteiger partial charge in [-0.2, -0.15) is 0 Å². The number of nitrogens with zero attached hydrogens (tertiary/aromatic N) is 1. The van der Waals surface area contributed by atoms with Crippen LogP contribution in [0.25, 0.3) is 0 Å². The van der Waals surface area contributed by atoms with E-state index in [4.69, 9.17) is 10.5 Å². The number of carbonyl (C=O) groups excluding carboxylic acids is 1. The third-order valence-corrected chi connectivity index (χ3v) is 1.59. The van der Waals surface area contributed by atoms with Crippen LogP contribution in [0.2, 0.25) is 0 Å². The molecule has 0 aliphatic carbocycles. The van der Waals surface area contributed by atoms with E-state index in [1.165, 1.54) is 0 Å². The zero-order chi connectivity index (χ0) is 8.27. The Morgan fingerprint density at radius 2 is 2.55 bits per heavy atom. The van der Waals surface area contributed by atoms with Crippen molar-refractivity contribution in [2.24, 2.45) is 5.73 Å². The maximum Gasteiger partial charge on any atom is 0.248 e. The molecule has 0 aromatic rings. The monoisotopic (exact) mass is 158 g/mol. The van der Waals surface area contributed by atoms with Gasteiger partial charge in [-0.15, -0.1) is 0 Å². The van der Waals surface area contributed by atoms with E-state index in [1.54, 1.807) is 4.90 Å². The summed E-state index contributed by atoms with van der Waals surface area (Å²) in [5.74, 6) is 0.0496. The number of nitrogens with two attached hydrogens (primary N) is 1. The second-order valence-corrected chi connectivity index (χ2v) is 2.87. The Balaban J connectivity index is 2.36. The lowest BCUT2D eigenvalue weighted by Gasteiger charge is -2.27. The first-order valence-electron chi connectivity index (χ1n) is 3.81. The molecule has 1 unspecified atom stereocenters. The van der Waals surface area contributed by atoms with Crippen LogP contribution < -0.4 is 5.73 Å². The molecule has 4 heteroatoms. The zero-order valence-electron chi connectivity index (χ0n) is 6.75. The molecule has 1 heterocycles. The van der Waals surface area contributed by atoms with E-state index in [2.05, 4.69) is 0 Å². The number of amides is 1. The van der Waals surface area contributed by atoms with Gasteiger partial charge in [0.2, 0.25) is 5.91 Å². The SMILES string of the molecule is CC(N)CN1CCOCC1=O. The second-order valence-electron chi connectivity index (χ2n) is 2.87. The average molecular weight is 158 g/mol. The molecule has 0 spiro atoms. The highest BCUT2D eigenvalue weighted by molar-refractivity contribution is 5.78. The number of hydrogen-bond donors (Lipinski definition) is 1. The summed E-state index contributed by atoms with van der Waals surface area (Å²) in [6.07, 6.45) is 0. The first-order chi connectivity index (χ1) is 5.20. The van der Waals surface area contributed by atoms with Crippen LogP contribution >= 0.6 is 0 Å². The van der Waals surface area contributed by atoms with E-state index in [-0.39, 0.29) is 18.6 Å². The minimum atomic E-state index is 0.0496. The Labute approximate surface area is 66.3 Å². The van der Waals surface area contributed by atoms with Crippen LogP contribution in [0.4, 0.5) is 0 Å². The van der Waals surface area contributed by atoms with Gasteiger partial charge < -0.3 is 15.4 Å². The molecule has 1 saturated heterocycles. The maximum atomic E-state index is 11.1. The van der Waals surface area contributed by atoms with E-state index < -0.39 is 0 Å². The summed E-state index contributed by atoms with van der Waals surface area (Å²) in [4.78, 5) is 12.8. The van der Waals surface area contributed by atoms with Gasteiger partial charge in [0.05, 0.1) is 6.61 Å². The summed E-state index contributed by atoms with van der Waals surface area (Å²) in [7, 11) is 0. The minimum Gasteiger partial charge on any atom is -0.370 e. The standard InChI is InChI=1S/C7H14N2O2/c1-6(8)4-9-2-3-11-5-7(9)10/h6H,2-5,8H2,1H3. The van der Waals surface area contributed by atoms with Crippen LogP contribution in [0.15, 0.2) is 0 Å². The van der Waals surface area contributed by atoms with E-state index in [0.717, 1.165) is 0 Å². The van der Waals surface area contributed by atoms with Gasteiger partial charge in [0.25, 0.3) is 0 Å². The van der Waals surface area contributed by atoms with Crippen molar-refractivity contribution in [1.29, 1.82) is 0 Å².